The van der Waals surface area contributed by atoms with Gasteiger partial charge < -0.3 is 5.32 Å². The molecule has 1 saturated heterocycles. The van der Waals surface area contributed by atoms with Crippen molar-refractivity contribution in [3.8, 4) is 0 Å². The van der Waals surface area contributed by atoms with Gasteiger partial charge in [0.15, 0.2) is 0 Å². The molecule has 0 radical (unpaired) electrons. The van der Waals surface area contributed by atoms with Crippen molar-refractivity contribution < 1.29 is 9.18 Å². The van der Waals surface area contributed by atoms with Crippen LogP contribution in [0.15, 0.2) is 84.9 Å². The van der Waals surface area contributed by atoms with E-state index in [1.807, 2.05) is 48.5 Å². The molecule has 3 aromatic carbocycles. The summed E-state index contributed by atoms with van der Waals surface area (Å²) in [6.07, 6.45) is 6.16. The third-order valence-corrected chi connectivity index (χ3v) is 6.84. The molecular weight excluding hydrogens is 413 g/mol. The molecule has 168 valence electrons. The van der Waals surface area contributed by atoms with Gasteiger partial charge in [-0.05, 0) is 67.4 Å². The Balaban J connectivity index is 1.29. The third kappa shape index (κ3) is 4.55. The molecule has 0 aliphatic carbocycles. The number of halogens is 1. The van der Waals surface area contributed by atoms with E-state index in [0.29, 0.717) is 6.54 Å². The van der Waals surface area contributed by atoms with E-state index in [4.69, 9.17) is 0 Å². The lowest BCUT2D eigenvalue weighted by Gasteiger charge is -2.39. The molecule has 1 N–H and O–H groups in total. The van der Waals surface area contributed by atoms with Crippen LogP contribution in [0.5, 0.6) is 0 Å². The molecule has 0 saturated carbocycles. The molecule has 33 heavy (non-hydrogen) atoms. The van der Waals surface area contributed by atoms with Gasteiger partial charge in [-0.25, -0.2) is 9.18 Å². The number of carbonyl (C=O) groups excluding carboxylic acids is 1. The largest absolute Gasteiger partial charge is 0.326 e. The van der Waals surface area contributed by atoms with Crippen LogP contribution in [0.2, 0.25) is 0 Å². The van der Waals surface area contributed by atoms with Gasteiger partial charge in [0.2, 0.25) is 0 Å². The molecule has 0 unspecified atom stereocenters. The minimum atomic E-state index is -0.244. The first-order valence-corrected chi connectivity index (χ1v) is 11.5. The molecule has 1 fully saturated rings. The van der Waals surface area contributed by atoms with E-state index in [-0.39, 0.29) is 17.3 Å². The Morgan fingerprint density at radius 1 is 0.970 bits per heavy atom. The Labute approximate surface area is 194 Å². The van der Waals surface area contributed by atoms with Gasteiger partial charge in [-0.3, -0.25) is 9.80 Å². The number of anilines is 2. The fraction of sp³-hybridized carbons (Fsp3) is 0.250. The number of urea groups is 1. The lowest BCUT2D eigenvalue weighted by molar-refractivity contribution is 0.180. The summed E-state index contributed by atoms with van der Waals surface area (Å²) in [5, 5.41) is 2.99. The number of likely N-dealkylation sites (tertiary alicyclic amines) is 1. The van der Waals surface area contributed by atoms with Crippen LogP contribution in [0.25, 0.3) is 6.08 Å². The van der Waals surface area contributed by atoms with Crippen LogP contribution in [0, 0.1) is 5.82 Å². The minimum absolute atomic E-state index is 0.167. The molecule has 0 bridgehead atoms. The highest BCUT2D eigenvalue weighted by Gasteiger charge is 2.46. The topological polar surface area (TPSA) is 35.6 Å². The predicted octanol–water partition coefficient (Wildman–Crippen LogP) is 5.92. The first kappa shape index (κ1) is 21.4. The molecule has 1 spiro atoms. The Bertz CT molecular complexity index is 1140. The average Bonchev–Trinajstić information content (AvgIpc) is 3.15. The molecule has 0 aromatic heterocycles. The van der Waals surface area contributed by atoms with E-state index in [1.165, 1.54) is 11.6 Å². The van der Waals surface area contributed by atoms with Crippen molar-refractivity contribution in [2.75, 3.05) is 36.4 Å². The van der Waals surface area contributed by atoms with Crippen LogP contribution in [0.1, 0.15) is 24.0 Å². The van der Waals surface area contributed by atoms with Crippen LogP contribution in [-0.4, -0.2) is 37.1 Å². The van der Waals surface area contributed by atoms with Crippen molar-refractivity contribution >= 4 is 23.5 Å². The molecule has 5 rings (SSSR count). The lowest BCUT2D eigenvalue weighted by Crippen LogP contribution is -2.46. The van der Waals surface area contributed by atoms with Gasteiger partial charge in [-0.1, -0.05) is 60.7 Å². The summed E-state index contributed by atoms with van der Waals surface area (Å²) in [5.41, 5.74) is 3.54. The van der Waals surface area contributed by atoms with Gasteiger partial charge in [-0.15, -0.1) is 0 Å². The Kier molecular flexibility index (Phi) is 5.97. The van der Waals surface area contributed by atoms with Crippen LogP contribution < -0.4 is 10.2 Å². The number of amides is 2. The number of carbonyl (C=O) groups is 1. The zero-order valence-corrected chi connectivity index (χ0v) is 18.6. The summed E-state index contributed by atoms with van der Waals surface area (Å²) in [5.74, 6) is -0.244. The quantitative estimate of drug-likeness (QED) is 0.545. The maximum absolute atomic E-state index is 14.2. The van der Waals surface area contributed by atoms with Gasteiger partial charge in [0.1, 0.15) is 5.82 Å². The monoisotopic (exact) mass is 441 g/mol. The number of nitrogens with one attached hydrogen (secondary N) is 1. The molecule has 2 heterocycles. The molecule has 5 heteroatoms. The lowest BCUT2D eigenvalue weighted by atomic mass is 9.74. The molecule has 4 nitrogen and oxygen atoms in total. The summed E-state index contributed by atoms with van der Waals surface area (Å²) < 4.78 is 14.2. The number of hydrogen-bond acceptors (Lipinski definition) is 2. The number of piperidine rings is 1. The normalized spacial score (nSPS) is 17.4. The molecule has 0 atom stereocenters. The maximum atomic E-state index is 14.2. The van der Waals surface area contributed by atoms with Gasteiger partial charge in [-0.2, -0.15) is 0 Å². The Morgan fingerprint density at radius 3 is 2.39 bits per heavy atom. The van der Waals surface area contributed by atoms with Crippen LogP contribution >= 0.6 is 0 Å². The van der Waals surface area contributed by atoms with E-state index in [1.54, 1.807) is 17.0 Å². The van der Waals surface area contributed by atoms with Gasteiger partial charge >= 0.3 is 6.03 Å². The summed E-state index contributed by atoms with van der Waals surface area (Å²) >= 11 is 0. The highest BCUT2D eigenvalue weighted by atomic mass is 19.1. The van der Waals surface area contributed by atoms with Crippen molar-refractivity contribution in [1.29, 1.82) is 0 Å². The summed E-state index contributed by atoms with van der Waals surface area (Å²) in [6.45, 7) is 3.31. The van der Waals surface area contributed by atoms with Gasteiger partial charge in [0, 0.05) is 29.9 Å². The van der Waals surface area contributed by atoms with E-state index in [2.05, 4.69) is 34.5 Å². The fourth-order valence-corrected chi connectivity index (χ4v) is 5.03. The number of para-hydroxylation sites is 1. The number of rotatable bonds is 4. The molecule has 2 aliphatic heterocycles. The highest BCUT2D eigenvalue weighted by molar-refractivity contribution is 6.03. The van der Waals surface area contributed by atoms with Crippen molar-refractivity contribution in [1.82, 2.24) is 4.90 Å². The molecule has 3 aromatic rings. The number of fused-ring (bicyclic) bond motifs is 2. The summed E-state index contributed by atoms with van der Waals surface area (Å²) in [4.78, 5) is 17.3. The van der Waals surface area contributed by atoms with E-state index >= 15 is 0 Å². The standard InChI is InChI=1S/C28H28FN3O/c29-23-13-14-26-25(20-23)28(21-32(26)27(33)30-24-11-5-2-6-12-24)15-18-31(19-16-28)17-7-10-22-8-3-1-4-9-22/h1-14,20H,15-19,21H2,(H,30,33). The number of benzene rings is 3. The number of nitrogens with zero attached hydrogens (tertiary/aromatic N) is 2. The van der Waals surface area contributed by atoms with Gasteiger partial charge in [0.25, 0.3) is 0 Å². The molecular formula is C28H28FN3O. The van der Waals surface area contributed by atoms with Crippen LogP contribution in [-0.2, 0) is 5.41 Å². The first-order valence-electron chi connectivity index (χ1n) is 11.5. The average molecular weight is 442 g/mol. The zero-order valence-electron chi connectivity index (χ0n) is 18.6. The van der Waals surface area contributed by atoms with Crippen molar-refractivity contribution in [3.05, 3.63) is 102 Å². The van der Waals surface area contributed by atoms with Crippen LogP contribution in [0.4, 0.5) is 20.6 Å². The van der Waals surface area contributed by atoms with E-state index in [0.717, 1.165) is 49.4 Å². The minimum Gasteiger partial charge on any atom is -0.308 e. The summed E-state index contributed by atoms with van der Waals surface area (Å²) in [7, 11) is 0. The Morgan fingerprint density at radius 2 is 1.67 bits per heavy atom. The van der Waals surface area contributed by atoms with E-state index in [9.17, 15) is 9.18 Å². The molecule has 2 aliphatic rings. The second kappa shape index (κ2) is 9.20. The highest BCUT2D eigenvalue weighted by Crippen LogP contribution is 2.47. The second-order valence-electron chi connectivity index (χ2n) is 8.94. The second-order valence-corrected chi connectivity index (χ2v) is 8.94. The fourth-order valence-electron chi connectivity index (χ4n) is 5.03. The predicted molar refractivity (Wildman–Crippen MR) is 132 cm³/mol. The first-order chi connectivity index (χ1) is 16.1. The zero-order chi connectivity index (χ0) is 22.7. The molecule has 2 amide bonds. The van der Waals surface area contributed by atoms with Crippen molar-refractivity contribution in [3.63, 3.8) is 0 Å². The maximum Gasteiger partial charge on any atom is 0.326 e. The van der Waals surface area contributed by atoms with Crippen molar-refractivity contribution in [2.24, 2.45) is 0 Å². The third-order valence-electron chi connectivity index (χ3n) is 6.84. The van der Waals surface area contributed by atoms with Gasteiger partial charge in [0.05, 0.1) is 0 Å². The van der Waals surface area contributed by atoms with E-state index < -0.39 is 0 Å². The smallest absolute Gasteiger partial charge is 0.308 e. The number of hydrogen-bond donors (Lipinski definition) is 1. The van der Waals surface area contributed by atoms with Crippen LogP contribution in [0.3, 0.4) is 0 Å². The SMILES string of the molecule is O=C(Nc1ccccc1)N1CC2(CCN(CC=Cc3ccccc3)CC2)c2cc(F)ccc21. The van der Waals surface area contributed by atoms with Crippen molar-refractivity contribution in [2.45, 2.75) is 18.3 Å². The summed E-state index contributed by atoms with van der Waals surface area (Å²) in [6, 6.07) is 24.4. The Hall–Kier alpha value is -3.44.